The smallest absolute Gasteiger partial charge is 0.227 e. The molecule has 30 heavy (non-hydrogen) atoms. The molecule has 164 valence electrons. The molecule has 0 spiro atoms. The van der Waals surface area contributed by atoms with Crippen molar-refractivity contribution in [3.63, 3.8) is 0 Å². The molecule has 8 heteroatoms. The molecule has 1 aromatic heterocycles. The van der Waals surface area contributed by atoms with Crippen molar-refractivity contribution in [2.24, 2.45) is 18.0 Å². The van der Waals surface area contributed by atoms with Crippen LogP contribution in [-0.2, 0) is 24.0 Å². The van der Waals surface area contributed by atoms with E-state index in [0.717, 1.165) is 23.2 Å². The van der Waals surface area contributed by atoms with Crippen LogP contribution < -0.4 is 16.0 Å². The third kappa shape index (κ3) is 6.88. The number of benzene rings is 1. The molecule has 2 aromatic rings. The summed E-state index contributed by atoms with van der Waals surface area (Å²) in [7, 11) is 1.82. The van der Waals surface area contributed by atoms with E-state index < -0.39 is 5.60 Å². The summed E-state index contributed by atoms with van der Waals surface area (Å²) < 4.78 is 1.66. The summed E-state index contributed by atoms with van der Waals surface area (Å²) >= 11 is 0. The monoisotopic (exact) mass is 414 g/mol. The van der Waals surface area contributed by atoms with Crippen molar-refractivity contribution in [2.75, 3.05) is 18.4 Å². The van der Waals surface area contributed by atoms with Gasteiger partial charge in [-0.25, -0.2) is 4.99 Å². The third-order valence-electron chi connectivity index (χ3n) is 4.95. The Bertz CT molecular complexity index is 859. The molecule has 1 heterocycles. The molecule has 2 atom stereocenters. The van der Waals surface area contributed by atoms with Crippen molar-refractivity contribution in [1.82, 2.24) is 20.4 Å². The summed E-state index contributed by atoms with van der Waals surface area (Å²) in [5.41, 5.74) is 1.40. The maximum Gasteiger partial charge on any atom is 0.227 e. The van der Waals surface area contributed by atoms with Crippen LogP contribution in [0.1, 0.15) is 45.2 Å². The number of anilines is 1. The van der Waals surface area contributed by atoms with Gasteiger partial charge >= 0.3 is 0 Å². The number of guanidine groups is 1. The Balaban J connectivity index is 2.02. The van der Waals surface area contributed by atoms with Crippen LogP contribution in [0.4, 0.5) is 5.69 Å². The van der Waals surface area contributed by atoms with Gasteiger partial charge < -0.3 is 21.1 Å². The Morgan fingerprint density at radius 2 is 2.10 bits per heavy atom. The molecule has 2 unspecified atom stereocenters. The van der Waals surface area contributed by atoms with E-state index in [0.29, 0.717) is 19.0 Å². The van der Waals surface area contributed by atoms with Gasteiger partial charge in [-0.1, -0.05) is 26.0 Å². The quantitative estimate of drug-likeness (QED) is 0.373. The molecule has 0 radical (unpaired) electrons. The highest BCUT2D eigenvalue weighted by atomic mass is 16.3. The van der Waals surface area contributed by atoms with Gasteiger partial charge in [-0.2, -0.15) is 5.10 Å². The highest BCUT2D eigenvalue weighted by molar-refractivity contribution is 5.92. The summed E-state index contributed by atoms with van der Waals surface area (Å²) in [5.74, 6) is 0.602. The zero-order valence-corrected chi connectivity index (χ0v) is 18.6. The van der Waals surface area contributed by atoms with Crippen LogP contribution in [0.5, 0.6) is 0 Å². The maximum atomic E-state index is 12.1. The van der Waals surface area contributed by atoms with Crippen molar-refractivity contribution >= 4 is 17.6 Å². The van der Waals surface area contributed by atoms with Gasteiger partial charge in [-0.3, -0.25) is 9.48 Å². The largest absolute Gasteiger partial charge is 0.383 e. The van der Waals surface area contributed by atoms with Gasteiger partial charge in [-0.05, 0) is 38.0 Å². The molecule has 1 aromatic carbocycles. The Kier molecular flexibility index (Phi) is 8.41. The van der Waals surface area contributed by atoms with E-state index >= 15 is 0 Å². The molecule has 0 aliphatic rings. The minimum atomic E-state index is -1.08. The van der Waals surface area contributed by atoms with Crippen LogP contribution in [0.15, 0.2) is 41.7 Å². The number of nitrogens with zero attached hydrogens (tertiary/aromatic N) is 3. The van der Waals surface area contributed by atoms with Crippen molar-refractivity contribution in [1.29, 1.82) is 0 Å². The number of amides is 1. The number of carbonyl (C=O) groups excluding carboxylic acids is 1. The lowest BCUT2D eigenvalue weighted by Gasteiger charge is -2.23. The van der Waals surface area contributed by atoms with E-state index in [1.165, 1.54) is 0 Å². The molecule has 0 aliphatic carbocycles. The molecule has 0 bridgehead atoms. The van der Waals surface area contributed by atoms with Crippen molar-refractivity contribution in [2.45, 2.75) is 46.3 Å². The highest BCUT2D eigenvalue weighted by Crippen LogP contribution is 2.18. The lowest BCUT2D eigenvalue weighted by molar-refractivity contribution is -0.119. The molecule has 4 N–H and O–H groups in total. The lowest BCUT2D eigenvalue weighted by Crippen LogP contribution is -2.44. The van der Waals surface area contributed by atoms with Crippen LogP contribution in [-0.4, -0.2) is 39.8 Å². The number of aliphatic imine (C=N–C) groups is 1. The molecule has 8 nitrogen and oxygen atoms in total. The summed E-state index contributed by atoms with van der Waals surface area (Å²) in [6, 6.07) is 7.68. The standard InChI is InChI=1S/C22H34N6O2/c1-6-16(3)20(29)27-19-10-8-9-17(11-19)12-24-21(23-7-2)25-15-22(4,30)18-13-26-28(5)14-18/h8-11,13-14,16,30H,6-7,12,15H2,1-5H3,(H,27,29)(H2,23,24,25). The van der Waals surface area contributed by atoms with Crippen LogP contribution in [0.2, 0.25) is 0 Å². The molecular formula is C22H34N6O2. The Hall–Kier alpha value is -2.87. The number of hydrogen-bond donors (Lipinski definition) is 4. The number of rotatable bonds is 9. The second kappa shape index (κ2) is 10.8. The number of aromatic nitrogens is 2. The Morgan fingerprint density at radius 3 is 2.73 bits per heavy atom. The van der Waals surface area contributed by atoms with E-state index in [1.807, 2.05) is 52.1 Å². The van der Waals surface area contributed by atoms with Gasteiger partial charge in [0.2, 0.25) is 5.91 Å². The minimum Gasteiger partial charge on any atom is -0.383 e. The normalized spacial score (nSPS) is 14.7. The van der Waals surface area contributed by atoms with Gasteiger partial charge in [-0.15, -0.1) is 0 Å². The molecule has 2 rings (SSSR count). The first-order valence-corrected chi connectivity index (χ1v) is 10.4. The molecule has 0 aliphatic heterocycles. The van der Waals surface area contributed by atoms with Crippen LogP contribution in [0, 0.1) is 5.92 Å². The number of hydrogen-bond acceptors (Lipinski definition) is 4. The van der Waals surface area contributed by atoms with E-state index in [4.69, 9.17) is 0 Å². The summed E-state index contributed by atoms with van der Waals surface area (Å²) in [6.45, 7) is 9.07. The minimum absolute atomic E-state index is 0.0192. The average molecular weight is 415 g/mol. The van der Waals surface area contributed by atoms with Crippen LogP contribution in [0.3, 0.4) is 0 Å². The topological polar surface area (TPSA) is 104 Å². The van der Waals surface area contributed by atoms with Gasteiger partial charge in [0.15, 0.2) is 5.96 Å². The first-order valence-electron chi connectivity index (χ1n) is 10.4. The summed E-state index contributed by atoms with van der Waals surface area (Å²) in [6.07, 6.45) is 4.26. The van der Waals surface area contributed by atoms with Crippen molar-refractivity contribution < 1.29 is 9.90 Å². The van der Waals surface area contributed by atoms with E-state index in [-0.39, 0.29) is 18.4 Å². The first-order chi connectivity index (χ1) is 14.2. The Labute approximate surface area is 178 Å². The number of nitrogens with one attached hydrogen (secondary N) is 3. The Morgan fingerprint density at radius 1 is 1.33 bits per heavy atom. The fourth-order valence-electron chi connectivity index (χ4n) is 2.77. The maximum absolute atomic E-state index is 12.1. The number of carbonyl (C=O) groups is 1. The van der Waals surface area contributed by atoms with Crippen LogP contribution in [0.25, 0.3) is 0 Å². The fourth-order valence-corrected chi connectivity index (χ4v) is 2.77. The lowest BCUT2D eigenvalue weighted by atomic mass is 10.00. The second-order valence-corrected chi connectivity index (χ2v) is 7.72. The predicted molar refractivity (Wildman–Crippen MR) is 120 cm³/mol. The van der Waals surface area contributed by atoms with Gasteiger partial charge in [0.1, 0.15) is 5.60 Å². The van der Waals surface area contributed by atoms with Crippen LogP contribution >= 0.6 is 0 Å². The summed E-state index contributed by atoms with van der Waals surface area (Å²) in [4.78, 5) is 16.7. The summed E-state index contributed by atoms with van der Waals surface area (Å²) in [5, 5.41) is 24.2. The van der Waals surface area contributed by atoms with Crippen molar-refractivity contribution in [3.8, 4) is 0 Å². The van der Waals surface area contributed by atoms with Gasteiger partial charge in [0.05, 0.1) is 19.3 Å². The number of aliphatic hydroxyl groups is 1. The highest BCUT2D eigenvalue weighted by Gasteiger charge is 2.25. The molecule has 0 saturated carbocycles. The van der Waals surface area contributed by atoms with Gasteiger partial charge in [0, 0.05) is 37.0 Å². The molecular weight excluding hydrogens is 380 g/mol. The van der Waals surface area contributed by atoms with E-state index in [1.54, 1.807) is 24.0 Å². The zero-order valence-electron chi connectivity index (χ0n) is 18.6. The molecule has 0 saturated heterocycles. The molecule has 0 fully saturated rings. The molecule has 1 amide bonds. The van der Waals surface area contributed by atoms with E-state index in [9.17, 15) is 9.90 Å². The average Bonchev–Trinajstić information content (AvgIpc) is 3.17. The zero-order chi connectivity index (χ0) is 22.1. The number of aryl methyl sites for hydroxylation is 1. The van der Waals surface area contributed by atoms with Gasteiger partial charge in [0.25, 0.3) is 0 Å². The third-order valence-corrected chi connectivity index (χ3v) is 4.95. The first kappa shape index (κ1) is 23.4. The second-order valence-electron chi connectivity index (χ2n) is 7.72. The SMILES string of the molecule is CCNC(=NCc1cccc(NC(=O)C(C)CC)c1)NCC(C)(O)c1cnn(C)c1. The van der Waals surface area contributed by atoms with Crippen molar-refractivity contribution in [3.05, 3.63) is 47.8 Å². The predicted octanol–water partition coefficient (Wildman–Crippen LogP) is 2.37. The van der Waals surface area contributed by atoms with E-state index in [2.05, 4.69) is 26.0 Å². The fraction of sp³-hybridized carbons (Fsp3) is 0.500.